The van der Waals surface area contributed by atoms with Crippen LogP contribution in [0.5, 0.6) is 5.75 Å². The van der Waals surface area contributed by atoms with Crippen LogP contribution in [0.1, 0.15) is 18.2 Å². The molecular weight excluding hydrogens is 421 g/mol. The number of amides is 1. The van der Waals surface area contributed by atoms with Crippen LogP contribution >= 0.6 is 11.3 Å². The van der Waals surface area contributed by atoms with Crippen molar-refractivity contribution in [2.24, 2.45) is 4.99 Å². The number of ether oxygens (including phenoxy) is 2. The van der Waals surface area contributed by atoms with Crippen molar-refractivity contribution < 1.29 is 23.5 Å². The molecule has 0 saturated carbocycles. The van der Waals surface area contributed by atoms with Crippen LogP contribution in [0, 0.1) is 5.82 Å². The van der Waals surface area contributed by atoms with Gasteiger partial charge in [0.05, 0.1) is 18.5 Å². The minimum Gasteiger partial charge on any atom is -0.497 e. The van der Waals surface area contributed by atoms with E-state index in [0.29, 0.717) is 27.8 Å². The Kier molecular flexibility index (Phi) is 5.59. The predicted molar refractivity (Wildman–Crippen MR) is 115 cm³/mol. The second-order valence-electron chi connectivity index (χ2n) is 6.45. The lowest BCUT2D eigenvalue weighted by molar-refractivity contribution is -0.130. The third kappa shape index (κ3) is 4.36. The maximum Gasteiger partial charge on any atom is 0.363 e. The number of carbonyl (C=O) groups is 2. The largest absolute Gasteiger partial charge is 0.497 e. The number of benzene rings is 2. The molecule has 9 heteroatoms. The van der Waals surface area contributed by atoms with Crippen molar-refractivity contribution in [2.75, 3.05) is 12.0 Å². The third-order valence-corrected chi connectivity index (χ3v) is 5.19. The van der Waals surface area contributed by atoms with Crippen molar-refractivity contribution in [1.82, 2.24) is 4.98 Å². The highest BCUT2D eigenvalue weighted by Gasteiger charge is 2.25. The van der Waals surface area contributed by atoms with Crippen molar-refractivity contribution in [1.29, 1.82) is 0 Å². The zero-order valence-corrected chi connectivity index (χ0v) is 17.4. The van der Waals surface area contributed by atoms with Crippen LogP contribution < -0.4 is 9.64 Å². The molecule has 0 unspecified atom stereocenters. The van der Waals surface area contributed by atoms with Crippen molar-refractivity contribution in [3.8, 4) is 5.75 Å². The normalized spacial score (nSPS) is 14.4. The summed E-state index contributed by atoms with van der Waals surface area (Å²) in [5.41, 5.74) is 1.64. The number of aliphatic imine (C=N–C) groups is 1. The zero-order chi connectivity index (χ0) is 22.0. The van der Waals surface area contributed by atoms with Gasteiger partial charge in [0.2, 0.25) is 11.8 Å². The van der Waals surface area contributed by atoms with E-state index in [9.17, 15) is 14.0 Å². The fourth-order valence-corrected chi connectivity index (χ4v) is 3.71. The summed E-state index contributed by atoms with van der Waals surface area (Å²) in [6.45, 7) is 1.44. The number of nitrogens with zero attached hydrogens (tertiary/aromatic N) is 3. The number of methoxy groups -OCH3 is 1. The Morgan fingerprint density at radius 2 is 1.87 bits per heavy atom. The van der Waals surface area contributed by atoms with Gasteiger partial charge in [-0.15, -0.1) is 11.3 Å². The van der Waals surface area contributed by atoms with Gasteiger partial charge in [-0.05, 0) is 54.6 Å². The van der Waals surface area contributed by atoms with Gasteiger partial charge >= 0.3 is 5.97 Å². The number of anilines is 2. The quantitative estimate of drug-likeness (QED) is 0.439. The summed E-state index contributed by atoms with van der Waals surface area (Å²) in [6.07, 6.45) is 1.48. The molecule has 3 aromatic rings. The maximum absolute atomic E-state index is 13.1. The Morgan fingerprint density at radius 3 is 2.52 bits per heavy atom. The molecular formula is C22H16FN3O4S. The monoisotopic (exact) mass is 437 g/mol. The second-order valence-corrected chi connectivity index (χ2v) is 7.29. The van der Waals surface area contributed by atoms with Crippen LogP contribution in [0.15, 0.2) is 64.6 Å². The van der Waals surface area contributed by atoms with Gasteiger partial charge in [0.15, 0.2) is 10.8 Å². The molecule has 1 aliphatic rings. The number of rotatable bonds is 5. The highest BCUT2D eigenvalue weighted by molar-refractivity contribution is 7.14. The average molecular weight is 437 g/mol. The lowest BCUT2D eigenvalue weighted by Crippen LogP contribution is -2.22. The first-order valence-electron chi connectivity index (χ1n) is 9.13. The second kappa shape index (κ2) is 8.49. The lowest BCUT2D eigenvalue weighted by atomic mass is 10.2. The molecule has 0 atom stereocenters. The molecule has 0 spiro atoms. The molecule has 4 rings (SSSR count). The van der Waals surface area contributed by atoms with Gasteiger partial charge in [0.1, 0.15) is 11.6 Å². The zero-order valence-electron chi connectivity index (χ0n) is 16.5. The molecule has 0 radical (unpaired) electrons. The van der Waals surface area contributed by atoms with E-state index in [1.54, 1.807) is 36.8 Å². The van der Waals surface area contributed by atoms with Gasteiger partial charge in [-0.1, -0.05) is 0 Å². The summed E-state index contributed by atoms with van der Waals surface area (Å²) in [5.74, 6) is -0.476. The van der Waals surface area contributed by atoms with E-state index in [4.69, 9.17) is 9.47 Å². The van der Waals surface area contributed by atoms with Crippen LogP contribution in [-0.2, 0) is 14.3 Å². The summed E-state index contributed by atoms with van der Waals surface area (Å²) >= 11 is 1.25. The SMILES string of the molecule is COc1ccc(N(C(C)=O)c2nc(/C=C3/N=C(c4ccc(F)cc4)OC3=O)cs2)cc1. The number of cyclic esters (lactones) is 1. The molecule has 156 valence electrons. The summed E-state index contributed by atoms with van der Waals surface area (Å²) in [7, 11) is 1.57. The Morgan fingerprint density at radius 1 is 1.16 bits per heavy atom. The van der Waals surface area contributed by atoms with E-state index in [2.05, 4.69) is 9.98 Å². The summed E-state index contributed by atoms with van der Waals surface area (Å²) in [4.78, 5) is 34.5. The highest BCUT2D eigenvalue weighted by Crippen LogP contribution is 2.31. The number of aromatic nitrogens is 1. The van der Waals surface area contributed by atoms with Crippen LogP contribution in [-0.4, -0.2) is 29.9 Å². The Balaban J connectivity index is 1.61. The Labute approximate surface area is 181 Å². The van der Waals surface area contributed by atoms with E-state index in [0.717, 1.165) is 0 Å². The van der Waals surface area contributed by atoms with Crippen molar-refractivity contribution in [2.45, 2.75) is 6.92 Å². The molecule has 0 saturated heterocycles. The van der Waals surface area contributed by atoms with Crippen LogP contribution in [0.4, 0.5) is 15.2 Å². The Bertz CT molecular complexity index is 1200. The summed E-state index contributed by atoms with van der Waals surface area (Å²) in [5, 5.41) is 2.15. The molecule has 1 aliphatic heterocycles. The van der Waals surface area contributed by atoms with E-state index in [1.807, 2.05) is 0 Å². The molecule has 0 fully saturated rings. The topological polar surface area (TPSA) is 81.1 Å². The minimum atomic E-state index is -0.632. The average Bonchev–Trinajstić information content (AvgIpc) is 3.36. The fraction of sp³-hybridized carbons (Fsp3) is 0.0909. The van der Waals surface area contributed by atoms with Crippen molar-refractivity contribution in [3.63, 3.8) is 0 Å². The van der Waals surface area contributed by atoms with Gasteiger partial charge in [-0.2, -0.15) is 0 Å². The van der Waals surface area contributed by atoms with Gasteiger partial charge in [0.25, 0.3) is 0 Å². The molecule has 2 aromatic carbocycles. The van der Waals surface area contributed by atoms with Crippen LogP contribution in [0.2, 0.25) is 0 Å². The smallest absolute Gasteiger partial charge is 0.363 e. The molecule has 1 amide bonds. The summed E-state index contributed by atoms with van der Waals surface area (Å²) < 4.78 is 23.4. The first kappa shape index (κ1) is 20.4. The molecule has 1 aromatic heterocycles. The molecule has 7 nitrogen and oxygen atoms in total. The molecule has 31 heavy (non-hydrogen) atoms. The van der Waals surface area contributed by atoms with Gasteiger partial charge in [-0.3, -0.25) is 9.69 Å². The van der Waals surface area contributed by atoms with Gasteiger partial charge in [0, 0.05) is 17.9 Å². The number of esters is 1. The lowest BCUT2D eigenvalue weighted by Gasteiger charge is -2.18. The van der Waals surface area contributed by atoms with E-state index >= 15 is 0 Å². The standard InChI is InChI=1S/C22H16FN3O4S/c1-13(27)26(17-7-9-18(29-2)10-8-17)22-24-16(12-31-22)11-19-21(28)30-20(25-19)14-3-5-15(23)6-4-14/h3-12H,1-2H3/b19-11+. The number of hydrogen-bond acceptors (Lipinski definition) is 7. The number of carbonyl (C=O) groups excluding carboxylic acids is 2. The third-order valence-electron chi connectivity index (χ3n) is 4.34. The first-order chi connectivity index (χ1) is 14.9. The minimum absolute atomic E-state index is 0.0648. The molecule has 2 heterocycles. The Hall–Kier alpha value is -3.85. The van der Waals surface area contributed by atoms with E-state index in [-0.39, 0.29) is 17.5 Å². The van der Waals surface area contributed by atoms with Crippen LogP contribution in [0.25, 0.3) is 6.08 Å². The number of thiazole rings is 1. The van der Waals surface area contributed by atoms with Gasteiger partial charge in [-0.25, -0.2) is 19.2 Å². The molecule has 0 N–H and O–H groups in total. The predicted octanol–water partition coefficient (Wildman–Crippen LogP) is 4.32. The number of hydrogen-bond donors (Lipinski definition) is 0. The van der Waals surface area contributed by atoms with Crippen molar-refractivity contribution >= 4 is 46.0 Å². The van der Waals surface area contributed by atoms with Crippen molar-refractivity contribution in [3.05, 3.63) is 76.7 Å². The highest BCUT2D eigenvalue weighted by atomic mass is 32.1. The fourth-order valence-electron chi connectivity index (χ4n) is 2.87. The molecule has 0 bridgehead atoms. The van der Waals surface area contributed by atoms with Crippen LogP contribution in [0.3, 0.4) is 0 Å². The molecule has 0 aliphatic carbocycles. The summed E-state index contributed by atoms with van der Waals surface area (Å²) in [6, 6.07) is 12.5. The van der Waals surface area contributed by atoms with Gasteiger partial charge < -0.3 is 9.47 Å². The maximum atomic E-state index is 13.1. The number of halogens is 1. The van der Waals surface area contributed by atoms with E-state index < -0.39 is 11.8 Å². The first-order valence-corrected chi connectivity index (χ1v) is 10.0. The van der Waals surface area contributed by atoms with E-state index in [1.165, 1.54) is 53.5 Å².